The van der Waals surface area contributed by atoms with Gasteiger partial charge in [-0.05, 0) is 40.8 Å². The fraction of sp³-hybridized carbons (Fsp3) is 0.440. The van der Waals surface area contributed by atoms with Gasteiger partial charge in [0.1, 0.15) is 5.82 Å². The second kappa shape index (κ2) is 11.3. The molecule has 35 heavy (non-hydrogen) atoms. The van der Waals surface area contributed by atoms with E-state index in [0.717, 1.165) is 53.8 Å². The Morgan fingerprint density at radius 1 is 1.00 bits per heavy atom. The van der Waals surface area contributed by atoms with Crippen molar-refractivity contribution in [2.75, 3.05) is 14.2 Å². The monoisotopic (exact) mass is 476 g/mol. The number of nitrogens with one attached hydrogen (secondary N) is 1. The molecule has 10 nitrogen and oxygen atoms in total. The molecular weight excluding hydrogens is 444 g/mol. The Morgan fingerprint density at radius 3 is 2.46 bits per heavy atom. The number of rotatable bonds is 12. The van der Waals surface area contributed by atoms with Crippen LogP contribution in [0.5, 0.6) is 0 Å². The topological polar surface area (TPSA) is 117 Å². The number of tetrazole rings is 1. The third-order valence-corrected chi connectivity index (χ3v) is 6.09. The lowest BCUT2D eigenvalue weighted by Crippen LogP contribution is -2.32. The molecule has 4 aromatic rings. The molecular formula is C25H32N8O2. The quantitative estimate of drug-likeness (QED) is 0.303. The molecule has 0 bridgehead atoms. The summed E-state index contributed by atoms with van der Waals surface area (Å²) < 4.78 is 13.6. The summed E-state index contributed by atoms with van der Waals surface area (Å²) in [6, 6.07) is 10.3. The highest BCUT2D eigenvalue weighted by molar-refractivity contribution is 5.79. The van der Waals surface area contributed by atoms with E-state index in [-0.39, 0.29) is 0 Å². The fourth-order valence-corrected chi connectivity index (χ4v) is 4.13. The number of aromatic nitrogens is 8. The van der Waals surface area contributed by atoms with Gasteiger partial charge in [-0.25, -0.2) is 9.67 Å². The Bertz CT molecular complexity index is 1200. The number of aromatic amines is 1. The molecule has 3 aromatic heterocycles. The molecule has 0 saturated carbocycles. The number of nitrogens with zero attached hydrogens (tertiary/aromatic N) is 7. The fourth-order valence-electron chi connectivity index (χ4n) is 4.13. The van der Waals surface area contributed by atoms with E-state index in [1.807, 2.05) is 10.7 Å². The molecule has 4 rings (SSSR count). The van der Waals surface area contributed by atoms with E-state index in [1.54, 1.807) is 26.6 Å². The Hall–Kier alpha value is -3.50. The molecule has 184 valence electrons. The minimum Gasteiger partial charge on any atom is -0.347 e. The van der Waals surface area contributed by atoms with Crippen LogP contribution in [0.1, 0.15) is 56.7 Å². The minimum absolute atomic E-state index is 0.513. The van der Waals surface area contributed by atoms with Crippen molar-refractivity contribution in [3.63, 3.8) is 0 Å². The van der Waals surface area contributed by atoms with Crippen molar-refractivity contribution in [3.05, 3.63) is 59.9 Å². The Labute approximate surface area is 205 Å². The Morgan fingerprint density at radius 2 is 1.80 bits per heavy atom. The predicted octanol–water partition coefficient (Wildman–Crippen LogP) is 4.16. The van der Waals surface area contributed by atoms with Crippen molar-refractivity contribution in [1.29, 1.82) is 0 Å². The van der Waals surface area contributed by atoms with Crippen molar-refractivity contribution in [2.45, 2.75) is 58.3 Å². The number of hydrogen-bond donors (Lipinski definition) is 1. The molecule has 0 spiro atoms. The average Bonchev–Trinajstić information content (AvgIpc) is 3.57. The van der Waals surface area contributed by atoms with Crippen molar-refractivity contribution < 1.29 is 9.47 Å². The molecule has 0 fully saturated rings. The molecule has 0 saturated heterocycles. The minimum atomic E-state index is -0.930. The van der Waals surface area contributed by atoms with E-state index >= 15 is 0 Å². The van der Waals surface area contributed by atoms with Crippen molar-refractivity contribution in [1.82, 2.24) is 40.4 Å². The molecule has 3 heterocycles. The summed E-state index contributed by atoms with van der Waals surface area (Å²) in [7, 11) is 3.31. The van der Waals surface area contributed by atoms with Crippen LogP contribution >= 0.6 is 0 Å². The molecule has 0 aliphatic heterocycles. The summed E-state index contributed by atoms with van der Waals surface area (Å²) in [6.45, 7) is 4.89. The van der Waals surface area contributed by atoms with Crippen LogP contribution in [0.25, 0.3) is 22.5 Å². The van der Waals surface area contributed by atoms with Crippen LogP contribution in [-0.2, 0) is 28.2 Å². The van der Waals surface area contributed by atoms with Gasteiger partial charge in [-0.3, -0.25) is 4.98 Å². The van der Waals surface area contributed by atoms with E-state index in [2.05, 4.69) is 63.7 Å². The van der Waals surface area contributed by atoms with E-state index in [4.69, 9.17) is 19.6 Å². The molecule has 1 N–H and O–H groups in total. The highest BCUT2D eigenvalue weighted by Gasteiger charge is 2.37. The normalized spacial score (nSPS) is 11.8. The molecule has 10 heteroatoms. The molecule has 0 radical (unpaired) electrons. The average molecular weight is 477 g/mol. The first-order valence-corrected chi connectivity index (χ1v) is 12.0. The van der Waals surface area contributed by atoms with Gasteiger partial charge in [-0.1, -0.05) is 44.5 Å². The summed E-state index contributed by atoms with van der Waals surface area (Å²) in [6.07, 6.45) is 8.01. The van der Waals surface area contributed by atoms with Gasteiger partial charge < -0.3 is 9.47 Å². The number of benzene rings is 1. The van der Waals surface area contributed by atoms with Gasteiger partial charge in [-0.15, -0.1) is 15.3 Å². The van der Waals surface area contributed by atoms with Crippen LogP contribution in [-0.4, -0.2) is 54.6 Å². The summed E-state index contributed by atoms with van der Waals surface area (Å²) in [4.78, 5) is 9.06. The van der Waals surface area contributed by atoms with Gasteiger partial charge in [0.05, 0.1) is 6.54 Å². The lowest BCUT2D eigenvalue weighted by atomic mass is 10.00. The maximum Gasteiger partial charge on any atom is 0.231 e. The van der Waals surface area contributed by atoms with Crippen LogP contribution in [0.4, 0.5) is 0 Å². The second-order valence-corrected chi connectivity index (χ2v) is 8.38. The maximum absolute atomic E-state index is 5.80. The largest absolute Gasteiger partial charge is 0.347 e. The zero-order chi connectivity index (χ0) is 24.7. The predicted molar refractivity (Wildman–Crippen MR) is 131 cm³/mol. The van der Waals surface area contributed by atoms with Gasteiger partial charge in [-0.2, -0.15) is 5.21 Å². The van der Waals surface area contributed by atoms with Crippen LogP contribution in [0.3, 0.4) is 0 Å². The third-order valence-electron chi connectivity index (χ3n) is 6.09. The number of pyridine rings is 1. The molecule has 0 aliphatic carbocycles. The van der Waals surface area contributed by atoms with Gasteiger partial charge in [0.15, 0.2) is 0 Å². The number of unbranched alkanes of at least 4 members (excludes halogenated alkanes) is 1. The SMILES string of the molecule is CCCCC(OC)(OC)c1nc(CCC)n(Cc2ccc(-c3ccncc3-c3nn[nH]n3)cc2)n1. The van der Waals surface area contributed by atoms with Gasteiger partial charge in [0, 0.05) is 45.0 Å². The Kier molecular flexibility index (Phi) is 7.94. The molecule has 1 aromatic carbocycles. The number of ether oxygens (including phenoxy) is 2. The third kappa shape index (κ3) is 5.28. The number of aryl methyl sites for hydroxylation is 1. The maximum atomic E-state index is 5.80. The first-order valence-electron chi connectivity index (χ1n) is 12.0. The standard InChI is InChI=1S/C25H32N8O2/c1-5-7-14-25(34-3,35-4)24-27-22(8-6-2)33(30-24)17-18-9-11-19(12-10-18)20-13-15-26-16-21(20)23-28-31-32-29-23/h9-13,15-16H,5-8,14,17H2,1-4H3,(H,28,29,31,32). The van der Waals surface area contributed by atoms with Crippen molar-refractivity contribution in [3.8, 4) is 22.5 Å². The van der Waals surface area contributed by atoms with E-state index in [0.29, 0.717) is 24.6 Å². The van der Waals surface area contributed by atoms with Crippen LogP contribution < -0.4 is 0 Å². The summed E-state index contributed by atoms with van der Waals surface area (Å²) >= 11 is 0. The van der Waals surface area contributed by atoms with E-state index < -0.39 is 5.79 Å². The lowest BCUT2D eigenvalue weighted by molar-refractivity contribution is -0.226. The zero-order valence-electron chi connectivity index (χ0n) is 20.7. The number of hydrogen-bond acceptors (Lipinski definition) is 8. The molecule has 0 unspecified atom stereocenters. The zero-order valence-corrected chi connectivity index (χ0v) is 20.7. The van der Waals surface area contributed by atoms with Crippen molar-refractivity contribution >= 4 is 0 Å². The van der Waals surface area contributed by atoms with Crippen molar-refractivity contribution in [2.24, 2.45) is 0 Å². The van der Waals surface area contributed by atoms with Crippen LogP contribution in [0.2, 0.25) is 0 Å². The molecule has 0 amide bonds. The molecule has 0 aliphatic rings. The van der Waals surface area contributed by atoms with E-state index in [9.17, 15) is 0 Å². The first kappa shape index (κ1) is 24.6. The molecule has 0 atom stereocenters. The van der Waals surface area contributed by atoms with Gasteiger partial charge in [0.2, 0.25) is 17.4 Å². The van der Waals surface area contributed by atoms with E-state index in [1.165, 1.54) is 0 Å². The number of H-pyrrole nitrogens is 1. The smallest absolute Gasteiger partial charge is 0.231 e. The van der Waals surface area contributed by atoms with Crippen LogP contribution in [0, 0.1) is 0 Å². The highest BCUT2D eigenvalue weighted by atomic mass is 16.7. The number of methoxy groups -OCH3 is 2. The van der Waals surface area contributed by atoms with Crippen LogP contribution in [0.15, 0.2) is 42.7 Å². The first-order chi connectivity index (χ1) is 17.1. The van der Waals surface area contributed by atoms with Gasteiger partial charge >= 0.3 is 0 Å². The lowest BCUT2D eigenvalue weighted by Gasteiger charge is -2.27. The summed E-state index contributed by atoms with van der Waals surface area (Å²) in [5.74, 6) is 1.09. The Balaban J connectivity index is 1.61. The summed E-state index contributed by atoms with van der Waals surface area (Å²) in [5, 5.41) is 19.2. The van der Waals surface area contributed by atoms with Gasteiger partial charge in [0.25, 0.3) is 0 Å². The second-order valence-electron chi connectivity index (χ2n) is 8.38. The summed E-state index contributed by atoms with van der Waals surface area (Å²) in [5.41, 5.74) is 3.97. The highest BCUT2D eigenvalue weighted by Crippen LogP contribution is 2.31.